The van der Waals surface area contributed by atoms with E-state index in [1.807, 2.05) is 11.6 Å². The lowest BCUT2D eigenvalue weighted by Gasteiger charge is -2.13. The molecule has 0 aliphatic heterocycles. The maximum atomic E-state index is 12.5. The molecule has 2 rings (SSSR count). The number of aromatic nitrogens is 1. The summed E-state index contributed by atoms with van der Waals surface area (Å²) in [6, 6.07) is 2.01. The van der Waals surface area contributed by atoms with Crippen LogP contribution in [-0.4, -0.2) is 26.6 Å². The summed E-state index contributed by atoms with van der Waals surface area (Å²) in [5.41, 5.74) is 1.20. The first-order chi connectivity index (χ1) is 9.83. The van der Waals surface area contributed by atoms with Crippen molar-refractivity contribution in [3.63, 3.8) is 0 Å². The average molecular weight is 313 g/mol. The normalized spacial score (nSPS) is 17.4. The first-order valence-electron chi connectivity index (χ1n) is 7.68. The zero-order valence-corrected chi connectivity index (χ0v) is 14.3. The minimum absolute atomic E-state index is 0.210. The largest absolute Gasteiger partial charge is 0.346 e. The second-order valence-corrected chi connectivity index (χ2v) is 8.14. The van der Waals surface area contributed by atoms with Gasteiger partial charge in [0.15, 0.2) is 0 Å². The van der Waals surface area contributed by atoms with E-state index in [4.69, 9.17) is 0 Å². The van der Waals surface area contributed by atoms with Crippen LogP contribution in [0.3, 0.4) is 0 Å². The molecule has 1 fully saturated rings. The maximum absolute atomic E-state index is 12.5. The zero-order valence-electron chi connectivity index (χ0n) is 13.4. The van der Waals surface area contributed by atoms with Crippen LogP contribution in [0.2, 0.25) is 0 Å². The Balaban J connectivity index is 2.17. The molecule has 1 aromatic heterocycles. The summed E-state index contributed by atoms with van der Waals surface area (Å²) in [5.74, 6) is 0. The summed E-state index contributed by atoms with van der Waals surface area (Å²) in [7, 11) is -1.55. The van der Waals surface area contributed by atoms with Crippen LogP contribution in [0.4, 0.5) is 0 Å². The molecular weight excluding hydrogens is 286 g/mol. The Morgan fingerprint density at radius 3 is 2.52 bits per heavy atom. The molecule has 0 atom stereocenters. The van der Waals surface area contributed by atoms with Crippen molar-refractivity contribution in [1.82, 2.24) is 14.6 Å². The molecule has 1 aliphatic rings. The van der Waals surface area contributed by atoms with Crippen molar-refractivity contribution >= 4 is 10.0 Å². The van der Waals surface area contributed by atoms with Crippen LogP contribution in [-0.2, 0) is 16.6 Å². The molecule has 2 N–H and O–H groups in total. The van der Waals surface area contributed by atoms with Gasteiger partial charge in [0.2, 0.25) is 10.0 Å². The molecule has 1 aromatic rings. The van der Waals surface area contributed by atoms with Crippen LogP contribution < -0.4 is 10.0 Å². The highest BCUT2D eigenvalue weighted by Gasteiger charge is 2.41. The van der Waals surface area contributed by atoms with Gasteiger partial charge in [0.1, 0.15) is 0 Å². The van der Waals surface area contributed by atoms with Crippen molar-refractivity contribution in [2.45, 2.75) is 57.5 Å². The van der Waals surface area contributed by atoms with Gasteiger partial charge in [0, 0.05) is 31.0 Å². The fourth-order valence-corrected chi connectivity index (χ4v) is 3.82. The van der Waals surface area contributed by atoms with E-state index in [1.54, 1.807) is 12.3 Å². The quantitative estimate of drug-likeness (QED) is 0.774. The van der Waals surface area contributed by atoms with E-state index >= 15 is 0 Å². The van der Waals surface area contributed by atoms with Gasteiger partial charge in [-0.15, -0.1) is 0 Å². The number of sulfonamides is 1. The Labute approximate surface area is 128 Å². The predicted molar refractivity (Wildman–Crippen MR) is 84.7 cm³/mol. The zero-order chi connectivity index (χ0) is 15.7. The molecule has 6 heteroatoms. The van der Waals surface area contributed by atoms with E-state index < -0.39 is 10.0 Å². The summed E-state index contributed by atoms with van der Waals surface area (Å²) in [6.45, 7) is 7.45. The van der Waals surface area contributed by atoms with Crippen LogP contribution in [0.25, 0.3) is 0 Å². The highest BCUT2D eigenvalue weighted by molar-refractivity contribution is 7.89. The van der Waals surface area contributed by atoms with Crippen molar-refractivity contribution in [2.24, 2.45) is 5.41 Å². The highest BCUT2D eigenvalue weighted by atomic mass is 32.2. The topological polar surface area (TPSA) is 63.1 Å². The molecule has 0 amide bonds. The van der Waals surface area contributed by atoms with E-state index in [2.05, 4.69) is 30.8 Å². The lowest BCUT2D eigenvalue weighted by Crippen LogP contribution is -2.29. The van der Waals surface area contributed by atoms with E-state index in [1.165, 1.54) is 0 Å². The Morgan fingerprint density at radius 1 is 1.38 bits per heavy atom. The third-order valence-corrected chi connectivity index (χ3v) is 5.84. The fourth-order valence-electron chi connectivity index (χ4n) is 2.61. The van der Waals surface area contributed by atoms with E-state index in [9.17, 15) is 8.42 Å². The maximum Gasteiger partial charge on any atom is 0.242 e. The summed E-state index contributed by atoms with van der Waals surface area (Å²) in [4.78, 5) is 0.369. The molecular formula is C15H27N3O2S. The van der Waals surface area contributed by atoms with Crippen LogP contribution in [0.15, 0.2) is 17.2 Å². The lowest BCUT2D eigenvalue weighted by molar-refractivity contribution is 0.475. The highest BCUT2D eigenvalue weighted by Crippen LogP contribution is 2.48. The third-order valence-electron chi connectivity index (χ3n) is 4.48. The molecule has 1 aliphatic carbocycles. The molecule has 0 aromatic carbocycles. The Morgan fingerprint density at radius 2 is 2.05 bits per heavy atom. The molecule has 0 spiro atoms. The molecule has 1 saturated carbocycles. The summed E-state index contributed by atoms with van der Waals surface area (Å²) in [5, 5.41) is 3.08. The van der Waals surface area contributed by atoms with Crippen LogP contribution in [0, 0.1) is 5.41 Å². The molecule has 5 nitrogen and oxygen atoms in total. The SMILES string of the molecule is CCC1(CNS(=O)(=O)c2cc(CNC)n(C(C)C)c2)CC1. The number of rotatable bonds is 8. The first kappa shape index (κ1) is 16.5. The monoisotopic (exact) mass is 313 g/mol. The van der Waals surface area contributed by atoms with Gasteiger partial charge in [0.05, 0.1) is 4.90 Å². The number of hydrogen-bond donors (Lipinski definition) is 2. The Bertz CT molecular complexity index is 586. The standard InChI is InChI=1S/C15H27N3O2S/c1-5-15(6-7-15)11-17-21(19,20)14-8-13(9-16-4)18(10-14)12(2)3/h8,10,12,16-17H,5-7,9,11H2,1-4H3. The van der Waals surface area contributed by atoms with E-state index in [0.29, 0.717) is 18.0 Å². The van der Waals surface area contributed by atoms with Gasteiger partial charge in [0.25, 0.3) is 0 Å². The van der Waals surface area contributed by atoms with Gasteiger partial charge in [-0.2, -0.15) is 0 Å². The van der Waals surface area contributed by atoms with Crippen molar-refractivity contribution in [2.75, 3.05) is 13.6 Å². The van der Waals surface area contributed by atoms with Gasteiger partial charge in [-0.25, -0.2) is 13.1 Å². The third kappa shape index (κ3) is 3.67. The van der Waals surface area contributed by atoms with Gasteiger partial charge < -0.3 is 9.88 Å². The van der Waals surface area contributed by atoms with Gasteiger partial charge in [-0.3, -0.25) is 0 Å². The Hall–Kier alpha value is -0.850. The predicted octanol–water partition coefficient (Wildman–Crippen LogP) is 2.26. The lowest BCUT2D eigenvalue weighted by atomic mass is 10.1. The smallest absolute Gasteiger partial charge is 0.242 e. The molecule has 120 valence electrons. The number of nitrogens with zero attached hydrogens (tertiary/aromatic N) is 1. The van der Waals surface area contributed by atoms with Gasteiger partial charge in [-0.1, -0.05) is 6.92 Å². The van der Waals surface area contributed by atoms with Gasteiger partial charge >= 0.3 is 0 Å². The van der Waals surface area contributed by atoms with Crippen molar-refractivity contribution < 1.29 is 8.42 Å². The molecule has 0 radical (unpaired) electrons. The summed E-state index contributed by atoms with van der Waals surface area (Å²) in [6.07, 6.45) is 5.03. The second-order valence-electron chi connectivity index (χ2n) is 6.38. The molecule has 21 heavy (non-hydrogen) atoms. The number of hydrogen-bond acceptors (Lipinski definition) is 3. The molecule has 0 saturated heterocycles. The van der Waals surface area contributed by atoms with Crippen molar-refractivity contribution in [3.8, 4) is 0 Å². The molecule has 0 bridgehead atoms. The number of nitrogens with one attached hydrogen (secondary N) is 2. The first-order valence-corrected chi connectivity index (χ1v) is 9.17. The molecule has 1 heterocycles. The van der Waals surface area contributed by atoms with Crippen molar-refractivity contribution in [1.29, 1.82) is 0 Å². The Kier molecular flexibility index (Phi) is 4.80. The van der Waals surface area contributed by atoms with Crippen LogP contribution in [0.5, 0.6) is 0 Å². The summed E-state index contributed by atoms with van der Waals surface area (Å²) < 4.78 is 29.7. The van der Waals surface area contributed by atoms with E-state index in [-0.39, 0.29) is 11.5 Å². The van der Waals surface area contributed by atoms with Crippen molar-refractivity contribution in [3.05, 3.63) is 18.0 Å². The minimum Gasteiger partial charge on any atom is -0.346 e. The van der Waals surface area contributed by atoms with E-state index in [0.717, 1.165) is 25.0 Å². The van der Waals surface area contributed by atoms with Crippen LogP contribution >= 0.6 is 0 Å². The average Bonchev–Trinajstić information content (AvgIpc) is 3.09. The second kappa shape index (κ2) is 6.10. The molecule has 0 unspecified atom stereocenters. The minimum atomic E-state index is -3.42. The summed E-state index contributed by atoms with van der Waals surface area (Å²) >= 11 is 0. The fraction of sp³-hybridized carbons (Fsp3) is 0.733. The van der Waals surface area contributed by atoms with Crippen LogP contribution in [0.1, 0.15) is 51.8 Å². The van der Waals surface area contributed by atoms with Gasteiger partial charge in [-0.05, 0) is 51.6 Å².